The summed E-state index contributed by atoms with van der Waals surface area (Å²) < 4.78 is 0. The molecule has 0 bridgehead atoms. The van der Waals surface area contributed by atoms with Gasteiger partial charge in [0, 0.05) is 0 Å². The van der Waals surface area contributed by atoms with Gasteiger partial charge in [-0.3, -0.25) is 0 Å². The lowest BCUT2D eigenvalue weighted by molar-refractivity contribution is 0.620. The molecule has 13 heavy (non-hydrogen) atoms. The van der Waals surface area contributed by atoms with E-state index in [0.29, 0.717) is 0 Å². The molecule has 0 saturated carbocycles. The molecule has 0 fully saturated rings. The zero-order chi connectivity index (χ0) is 10.5. The zero-order valence-corrected chi connectivity index (χ0v) is 11.1. The Morgan fingerprint density at radius 3 is 1.77 bits per heavy atom. The van der Waals surface area contributed by atoms with E-state index in [0.717, 1.165) is 6.42 Å². The van der Waals surface area contributed by atoms with E-state index in [4.69, 9.17) is 46.4 Å². The van der Waals surface area contributed by atoms with Crippen LogP contribution in [0.3, 0.4) is 0 Å². The minimum absolute atomic E-state index is 0.151. The first kappa shape index (κ1) is 16.6. The molecule has 4 heteroatoms. The first-order chi connectivity index (χ1) is 6.18. The quantitative estimate of drug-likeness (QED) is 0.436. The highest BCUT2D eigenvalue weighted by Crippen LogP contribution is 2.13. The molecule has 0 aromatic rings. The Morgan fingerprint density at radius 1 is 0.923 bits per heavy atom. The van der Waals surface area contributed by atoms with Gasteiger partial charge in [0.25, 0.3) is 0 Å². The van der Waals surface area contributed by atoms with E-state index in [-0.39, 0.29) is 10.2 Å². The van der Waals surface area contributed by atoms with Gasteiger partial charge in [-0.25, -0.2) is 0 Å². The molecule has 0 aliphatic heterocycles. The summed E-state index contributed by atoms with van der Waals surface area (Å²) in [4.78, 5) is -0.151. The molecule has 0 heterocycles. The topological polar surface area (TPSA) is 0 Å². The second-order valence-corrected chi connectivity index (χ2v) is 4.78. The molecular weight excluding hydrogens is 250 g/mol. The molecule has 0 rings (SSSR count). The van der Waals surface area contributed by atoms with Crippen molar-refractivity contribution in [2.45, 2.75) is 50.3 Å². The van der Waals surface area contributed by atoms with Crippen molar-refractivity contribution in [2.24, 2.45) is 0 Å². The van der Waals surface area contributed by atoms with E-state index in [1.54, 1.807) is 0 Å². The van der Waals surface area contributed by atoms with E-state index < -0.39 is 0 Å². The van der Waals surface area contributed by atoms with Crippen LogP contribution in [-0.2, 0) is 0 Å². The number of hydrogen-bond donors (Lipinski definition) is 0. The number of rotatable bonds is 6. The minimum Gasteiger partial charge on any atom is -0.109 e. The van der Waals surface area contributed by atoms with E-state index >= 15 is 0 Å². The third-order valence-electron chi connectivity index (χ3n) is 1.53. The summed E-state index contributed by atoms with van der Waals surface area (Å²) in [5.41, 5.74) is 0. The Bertz CT molecular complexity index is 76.0. The predicted molar refractivity (Wildman–Crippen MR) is 65.4 cm³/mol. The third-order valence-corrected chi connectivity index (χ3v) is 1.96. The predicted octanol–water partition coefficient (Wildman–Crippen LogP) is 5.57. The van der Waals surface area contributed by atoms with Crippen LogP contribution in [0.15, 0.2) is 0 Å². The maximum absolute atomic E-state index is 5.56. The average molecular weight is 268 g/mol. The van der Waals surface area contributed by atoms with Crippen molar-refractivity contribution >= 4 is 46.4 Å². The smallest absolute Gasteiger partial charge is 0.107 e. The summed E-state index contributed by atoms with van der Waals surface area (Å²) in [6.45, 7) is 2.21. The van der Waals surface area contributed by atoms with Crippen LogP contribution in [0, 0.1) is 0 Å². The second kappa shape index (κ2) is 15.6. The molecule has 0 N–H and O–H groups in total. The van der Waals surface area contributed by atoms with Crippen molar-refractivity contribution in [1.29, 1.82) is 0 Å². The zero-order valence-electron chi connectivity index (χ0n) is 8.04. The Kier molecular flexibility index (Phi) is 19.9. The van der Waals surface area contributed by atoms with Crippen LogP contribution < -0.4 is 0 Å². The van der Waals surface area contributed by atoms with E-state index in [1.807, 2.05) is 0 Å². The third kappa shape index (κ3) is 24.6. The van der Waals surface area contributed by atoms with Gasteiger partial charge in [0.05, 0.1) is 5.34 Å². The summed E-state index contributed by atoms with van der Waals surface area (Å²) in [6.07, 6.45) is 7.38. The lowest BCUT2D eigenvalue weighted by Crippen LogP contribution is -1.86. The Labute approximate surface area is 102 Å². The summed E-state index contributed by atoms with van der Waals surface area (Å²) in [6, 6.07) is 0. The molecule has 0 spiro atoms. The average Bonchev–Trinajstić information content (AvgIpc) is 2.05. The highest BCUT2D eigenvalue weighted by molar-refractivity contribution is 6.44. The van der Waals surface area contributed by atoms with Crippen molar-refractivity contribution in [2.75, 3.05) is 5.34 Å². The SMILES string of the molecule is CCCCCCCC(Cl)Cl.ClCCl. The summed E-state index contributed by atoms with van der Waals surface area (Å²) >= 11 is 20.6. The van der Waals surface area contributed by atoms with Crippen LogP contribution in [0.2, 0.25) is 0 Å². The normalized spacial score (nSPS) is 9.69. The molecule has 0 saturated heterocycles. The molecule has 0 radical (unpaired) electrons. The van der Waals surface area contributed by atoms with E-state index in [2.05, 4.69) is 6.92 Å². The molecule has 0 amide bonds. The fraction of sp³-hybridized carbons (Fsp3) is 1.00. The van der Waals surface area contributed by atoms with Crippen LogP contribution in [-0.4, -0.2) is 10.2 Å². The van der Waals surface area contributed by atoms with Gasteiger partial charge in [0.1, 0.15) is 4.84 Å². The number of halogens is 4. The molecule has 82 valence electrons. The van der Waals surface area contributed by atoms with Gasteiger partial charge in [0.2, 0.25) is 0 Å². The Morgan fingerprint density at radius 2 is 1.38 bits per heavy atom. The van der Waals surface area contributed by atoms with Crippen LogP contribution in [0.5, 0.6) is 0 Å². The lowest BCUT2D eigenvalue weighted by atomic mass is 10.1. The fourth-order valence-corrected chi connectivity index (χ4v) is 1.21. The summed E-state index contributed by atoms with van der Waals surface area (Å²) in [7, 11) is 0. The first-order valence-corrected chi connectivity index (χ1v) is 6.53. The lowest BCUT2D eigenvalue weighted by Gasteiger charge is -1.99. The maximum atomic E-state index is 5.56. The molecule has 0 aliphatic carbocycles. The van der Waals surface area contributed by atoms with E-state index in [1.165, 1.54) is 32.1 Å². The van der Waals surface area contributed by atoms with Crippen molar-refractivity contribution in [3.05, 3.63) is 0 Å². The van der Waals surface area contributed by atoms with Crippen LogP contribution in [0.1, 0.15) is 45.4 Å². The molecule has 0 aromatic heterocycles. The number of unbranched alkanes of at least 4 members (excludes halogenated alkanes) is 4. The van der Waals surface area contributed by atoms with Crippen molar-refractivity contribution in [3.63, 3.8) is 0 Å². The van der Waals surface area contributed by atoms with Crippen LogP contribution in [0.25, 0.3) is 0 Å². The number of alkyl halides is 4. The monoisotopic (exact) mass is 266 g/mol. The Hall–Kier alpha value is 1.16. The van der Waals surface area contributed by atoms with Gasteiger partial charge < -0.3 is 0 Å². The minimum atomic E-state index is -0.151. The highest BCUT2D eigenvalue weighted by atomic mass is 35.5. The Balaban J connectivity index is 0. The maximum Gasteiger partial charge on any atom is 0.107 e. The van der Waals surface area contributed by atoms with Gasteiger partial charge >= 0.3 is 0 Å². The van der Waals surface area contributed by atoms with Gasteiger partial charge in [-0.15, -0.1) is 46.4 Å². The molecule has 0 aromatic carbocycles. The molecule has 0 nitrogen and oxygen atoms in total. The molecular formula is C9H18Cl4. The van der Waals surface area contributed by atoms with Crippen molar-refractivity contribution in [3.8, 4) is 0 Å². The largest absolute Gasteiger partial charge is 0.109 e. The fourth-order valence-electron chi connectivity index (χ4n) is 0.902. The van der Waals surface area contributed by atoms with Crippen LogP contribution >= 0.6 is 46.4 Å². The van der Waals surface area contributed by atoms with E-state index in [9.17, 15) is 0 Å². The number of hydrogen-bond acceptors (Lipinski definition) is 0. The second-order valence-electron chi connectivity index (χ2n) is 2.69. The molecule has 0 unspecified atom stereocenters. The molecule has 0 aliphatic rings. The first-order valence-electron chi connectivity index (χ1n) is 4.59. The summed E-state index contributed by atoms with van der Waals surface area (Å²) in [5.74, 6) is 0. The van der Waals surface area contributed by atoms with Gasteiger partial charge in [-0.1, -0.05) is 39.0 Å². The summed E-state index contributed by atoms with van der Waals surface area (Å²) in [5, 5.41) is 0.194. The van der Waals surface area contributed by atoms with Gasteiger partial charge in [-0.2, -0.15) is 0 Å². The highest BCUT2D eigenvalue weighted by Gasteiger charge is 1.96. The van der Waals surface area contributed by atoms with Crippen molar-refractivity contribution < 1.29 is 0 Å². The van der Waals surface area contributed by atoms with Gasteiger partial charge in [-0.05, 0) is 6.42 Å². The van der Waals surface area contributed by atoms with Gasteiger partial charge in [0.15, 0.2) is 0 Å². The molecule has 0 atom stereocenters. The standard InChI is InChI=1S/C8H16Cl2.CH2Cl2/c1-2-3-4-5-6-7-8(9)10;2-1-3/h8H,2-7H2,1H3;1H2. The van der Waals surface area contributed by atoms with Crippen molar-refractivity contribution in [1.82, 2.24) is 0 Å². The van der Waals surface area contributed by atoms with Crippen LogP contribution in [0.4, 0.5) is 0 Å².